The Morgan fingerprint density at radius 1 is 1.18 bits per heavy atom. The van der Waals surface area contributed by atoms with Gasteiger partial charge in [0.15, 0.2) is 6.61 Å². The molecule has 0 unspecified atom stereocenters. The molecule has 2 aromatic carbocycles. The zero-order valence-electron chi connectivity index (χ0n) is 12.2. The van der Waals surface area contributed by atoms with Gasteiger partial charge in [-0.3, -0.25) is 4.79 Å². The summed E-state index contributed by atoms with van der Waals surface area (Å²) in [5.41, 5.74) is 1.91. The van der Waals surface area contributed by atoms with Crippen molar-refractivity contribution in [3.63, 3.8) is 0 Å². The molecule has 0 atom stereocenters. The molecule has 112 valence electrons. The predicted octanol–water partition coefficient (Wildman–Crippen LogP) is 3.84. The van der Waals surface area contributed by atoms with E-state index in [4.69, 9.17) is 10.00 Å². The summed E-state index contributed by atoms with van der Waals surface area (Å²) < 4.78 is 5.44. The maximum Gasteiger partial charge on any atom is 0.262 e. The molecule has 0 aromatic heterocycles. The summed E-state index contributed by atoms with van der Waals surface area (Å²) in [4.78, 5) is 12.7. The smallest absolute Gasteiger partial charge is 0.262 e. The van der Waals surface area contributed by atoms with Crippen LogP contribution in [0.15, 0.2) is 53.4 Å². The van der Waals surface area contributed by atoms with Crippen LogP contribution in [-0.2, 0) is 11.2 Å². The van der Waals surface area contributed by atoms with E-state index in [-0.39, 0.29) is 12.5 Å². The van der Waals surface area contributed by atoms with E-state index in [1.807, 2.05) is 29.7 Å². The van der Waals surface area contributed by atoms with Gasteiger partial charge < -0.3 is 10.1 Å². The Labute approximate surface area is 134 Å². The zero-order valence-corrected chi connectivity index (χ0v) is 13.0. The quantitative estimate of drug-likeness (QED) is 0.650. The van der Waals surface area contributed by atoms with E-state index in [2.05, 4.69) is 12.2 Å². The summed E-state index contributed by atoms with van der Waals surface area (Å²) in [6.45, 7) is 2.05. The molecule has 0 spiro atoms. The molecular formula is C17H16N2O2S. The minimum Gasteiger partial charge on any atom is -0.484 e. The number of hydrogen-bond donors (Lipinski definition) is 1. The molecule has 4 nitrogen and oxygen atoms in total. The lowest BCUT2D eigenvalue weighted by Crippen LogP contribution is -2.20. The Balaban J connectivity index is 1.83. The van der Waals surface area contributed by atoms with Crippen LogP contribution in [0.5, 0.6) is 5.75 Å². The molecule has 0 saturated carbocycles. The van der Waals surface area contributed by atoms with Gasteiger partial charge in [-0.25, -0.2) is 0 Å². The van der Waals surface area contributed by atoms with Gasteiger partial charge in [0, 0.05) is 10.6 Å². The van der Waals surface area contributed by atoms with Crippen molar-refractivity contribution in [2.45, 2.75) is 18.2 Å². The third-order valence-corrected chi connectivity index (χ3v) is 3.60. The Morgan fingerprint density at radius 2 is 1.86 bits per heavy atom. The molecule has 0 radical (unpaired) electrons. The number of anilines is 1. The van der Waals surface area contributed by atoms with Gasteiger partial charge in [0.25, 0.3) is 5.91 Å². The summed E-state index contributed by atoms with van der Waals surface area (Å²) in [6.07, 6.45) is 0.973. The van der Waals surface area contributed by atoms with Crippen LogP contribution < -0.4 is 10.1 Å². The molecule has 1 amide bonds. The SMILES string of the molecule is CCc1ccc(OCC(=O)Nc2ccc(SC#N)cc2)cc1. The summed E-state index contributed by atoms with van der Waals surface area (Å²) in [5.74, 6) is 0.452. The Hall–Kier alpha value is -2.45. The van der Waals surface area contributed by atoms with Crippen molar-refractivity contribution in [3.8, 4) is 11.2 Å². The van der Waals surface area contributed by atoms with Crippen molar-refractivity contribution in [3.05, 3.63) is 54.1 Å². The van der Waals surface area contributed by atoms with Gasteiger partial charge in [-0.2, -0.15) is 5.26 Å². The van der Waals surface area contributed by atoms with Crippen LogP contribution in [0.25, 0.3) is 0 Å². The number of amides is 1. The Bertz CT molecular complexity index is 661. The van der Waals surface area contributed by atoms with Crippen molar-refractivity contribution < 1.29 is 9.53 Å². The molecule has 1 N–H and O–H groups in total. The average Bonchev–Trinajstić information content (AvgIpc) is 2.55. The second kappa shape index (κ2) is 8.11. The molecule has 0 saturated heterocycles. The van der Waals surface area contributed by atoms with Crippen molar-refractivity contribution in [1.29, 1.82) is 5.26 Å². The second-order valence-electron chi connectivity index (χ2n) is 4.55. The van der Waals surface area contributed by atoms with Gasteiger partial charge in [0.1, 0.15) is 11.2 Å². The van der Waals surface area contributed by atoms with Crippen molar-refractivity contribution in [2.75, 3.05) is 11.9 Å². The fraction of sp³-hybridized carbons (Fsp3) is 0.176. The highest BCUT2D eigenvalue weighted by Gasteiger charge is 2.04. The normalized spacial score (nSPS) is 9.82. The topological polar surface area (TPSA) is 62.1 Å². The van der Waals surface area contributed by atoms with Gasteiger partial charge in [0.2, 0.25) is 0 Å². The summed E-state index contributed by atoms with van der Waals surface area (Å²) in [5, 5.41) is 13.3. The van der Waals surface area contributed by atoms with E-state index in [0.29, 0.717) is 11.4 Å². The number of rotatable bonds is 6. The van der Waals surface area contributed by atoms with Gasteiger partial charge in [0.05, 0.1) is 0 Å². The van der Waals surface area contributed by atoms with E-state index in [9.17, 15) is 4.79 Å². The first kappa shape index (κ1) is 15.9. The molecule has 0 aliphatic carbocycles. The molecule has 0 aliphatic heterocycles. The zero-order chi connectivity index (χ0) is 15.8. The van der Waals surface area contributed by atoms with Crippen LogP contribution >= 0.6 is 11.8 Å². The van der Waals surface area contributed by atoms with E-state index in [1.165, 1.54) is 5.56 Å². The van der Waals surface area contributed by atoms with Crippen LogP contribution in [0.2, 0.25) is 0 Å². The van der Waals surface area contributed by atoms with Gasteiger partial charge in [-0.05, 0) is 60.1 Å². The number of carbonyl (C=O) groups is 1. The number of nitriles is 1. The number of ether oxygens (including phenoxy) is 1. The highest BCUT2D eigenvalue weighted by atomic mass is 32.2. The molecule has 22 heavy (non-hydrogen) atoms. The summed E-state index contributed by atoms with van der Waals surface area (Å²) in [6, 6.07) is 14.8. The molecule has 0 heterocycles. The number of nitrogens with one attached hydrogen (secondary N) is 1. The van der Waals surface area contributed by atoms with Crippen molar-refractivity contribution >= 4 is 23.4 Å². The lowest BCUT2D eigenvalue weighted by atomic mass is 10.2. The summed E-state index contributed by atoms with van der Waals surface area (Å²) >= 11 is 1.08. The van der Waals surface area contributed by atoms with Crippen LogP contribution in [0, 0.1) is 10.7 Å². The highest BCUT2D eigenvalue weighted by Crippen LogP contribution is 2.19. The first-order valence-corrected chi connectivity index (χ1v) is 7.70. The number of carbonyl (C=O) groups excluding carboxylic acids is 1. The molecule has 0 bridgehead atoms. The Morgan fingerprint density at radius 3 is 2.45 bits per heavy atom. The van der Waals surface area contributed by atoms with Crippen LogP contribution in [-0.4, -0.2) is 12.5 Å². The second-order valence-corrected chi connectivity index (χ2v) is 5.41. The fourth-order valence-electron chi connectivity index (χ4n) is 1.83. The highest BCUT2D eigenvalue weighted by molar-refractivity contribution is 8.03. The lowest BCUT2D eigenvalue weighted by molar-refractivity contribution is -0.118. The molecule has 5 heteroatoms. The van der Waals surface area contributed by atoms with Gasteiger partial charge in [-0.15, -0.1) is 0 Å². The number of thioether (sulfide) groups is 1. The third kappa shape index (κ3) is 4.83. The third-order valence-electron chi connectivity index (χ3n) is 3.00. The number of nitrogens with zero attached hydrogens (tertiary/aromatic N) is 1. The van der Waals surface area contributed by atoms with Crippen LogP contribution in [0.4, 0.5) is 5.69 Å². The van der Waals surface area contributed by atoms with E-state index < -0.39 is 0 Å². The average molecular weight is 312 g/mol. The maximum atomic E-state index is 11.8. The van der Waals surface area contributed by atoms with E-state index in [0.717, 1.165) is 23.1 Å². The number of hydrogen-bond acceptors (Lipinski definition) is 4. The predicted molar refractivity (Wildman–Crippen MR) is 87.9 cm³/mol. The maximum absolute atomic E-state index is 11.8. The molecule has 2 rings (SSSR count). The number of benzene rings is 2. The largest absolute Gasteiger partial charge is 0.484 e. The molecular weight excluding hydrogens is 296 g/mol. The minimum atomic E-state index is -0.222. The van der Waals surface area contributed by atoms with Crippen LogP contribution in [0.1, 0.15) is 12.5 Å². The fourth-order valence-corrected chi connectivity index (χ4v) is 2.20. The van der Waals surface area contributed by atoms with Gasteiger partial charge >= 0.3 is 0 Å². The molecule has 0 fully saturated rings. The number of thiocyanates is 1. The monoisotopic (exact) mass is 312 g/mol. The summed E-state index contributed by atoms with van der Waals surface area (Å²) in [7, 11) is 0. The molecule has 0 aliphatic rings. The minimum absolute atomic E-state index is 0.0415. The first-order chi connectivity index (χ1) is 10.7. The molecule has 2 aromatic rings. The van der Waals surface area contributed by atoms with Gasteiger partial charge in [-0.1, -0.05) is 19.1 Å². The number of aryl methyl sites for hydroxylation is 1. The van der Waals surface area contributed by atoms with E-state index >= 15 is 0 Å². The standard InChI is InChI=1S/C17H16N2O2S/c1-2-13-3-7-15(8-4-13)21-11-17(20)19-14-5-9-16(10-6-14)22-12-18/h3-10H,2,11H2,1H3,(H,19,20). The van der Waals surface area contributed by atoms with Crippen LogP contribution in [0.3, 0.4) is 0 Å². The van der Waals surface area contributed by atoms with Crippen molar-refractivity contribution in [2.24, 2.45) is 0 Å². The Kier molecular flexibility index (Phi) is 5.87. The first-order valence-electron chi connectivity index (χ1n) is 6.89. The lowest BCUT2D eigenvalue weighted by Gasteiger charge is -2.08. The van der Waals surface area contributed by atoms with Crippen molar-refractivity contribution in [1.82, 2.24) is 0 Å². The van der Waals surface area contributed by atoms with E-state index in [1.54, 1.807) is 24.3 Å².